The summed E-state index contributed by atoms with van der Waals surface area (Å²) in [7, 11) is -2.33. The zero-order chi connectivity index (χ0) is 30.9. The van der Waals surface area contributed by atoms with Crippen LogP contribution in [0.4, 0.5) is 5.69 Å². The number of nitrogens with one attached hydrogen (secondary N) is 1. The predicted octanol–water partition coefficient (Wildman–Crippen LogP) is 3.19. The summed E-state index contributed by atoms with van der Waals surface area (Å²) >= 11 is 0.994. The molecule has 0 spiro atoms. The standard InChI is InChI=1S/C27H37N3O9SSi/c1-15(26(35)40-19-12-20(31)28-13-19)22-21(16(2)39-41(6,7)27(3,4)5)23(32)29(22)24(33)25(34)38-14-17-8-10-18(11-9-17)30(36)37/h8-11,15-16,19,21-22H,12-14H2,1-7H3,(H,28,31)/t15-,16?,19-,21-,22-/m1/s1. The summed E-state index contributed by atoms with van der Waals surface area (Å²) in [5.74, 6) is -4.92. The van der Waals surface area contributed by atoms with Gasteiger partial charge < -0.3 is 14.5 Å². The molecule has 1 N–H and O–H groups in total. The van der Waals surface area contributed by atoms with Crippen LogP contribution in [0.2, 0.25) is 18.1 Å². The second-order valence-electron chi connectivity index (χ2n) is 12.0. The zero-order valence-electron chi connectivity index (χ0n) is 24.3. The number of carbonyl (C=O) groups is 5. The van der Waals surface area contributed by atoms with Crippen molar-refractivity contribution in [3.8, 4) is 0 Å². The number of non-ortho nitro benzene ring substituents is 1. The molecule has 2 aliphatic rings. The summed E-state index contributed by atoms with van der Waals surface area (Å²) in [6, 6.07) is 4.33. The fourth-order valence-electron chi connectivity index (χ4n) is 4.59. The highest BCUT2D eigenvalue weighted by molar-refractivity contribution is 8.14. The molecule has 0 radical (unpaired) electrons. The lowest BCUT2D eigenvalue weighted by Crippen LogP contribution is -2.71. The highest BCUT2D eigenvalue weighted by Crippen LogP contribution is 2.43. The molecule has 3 amide bonds. The van der Waals surface area contributed by atoms with Crippen LogP contribution < -0.4 is 5.32 Å². The van der Waals surface area contributed by atoms with E-state index in [1.165, 1.54) is 24.3 Å². The quantitative estimate of drug-likeness (QED) is 0.110. The number of amides is 3. The average Bonchev–Trinajstić information content (AvgIpc) is 3.28. The number of carbonyl (C=O) groups excluding carboxylic acids is 5. The van der Waals surface area contributed by atoms with Gasteiger partial charge in [0.05, 0.1) is 23.0 Å². The van der Waals surface area contributed by atoms with Gasteiger partial charge in [0.25, 0.3) is 5.69 Å². The molecule has 2 saturated heterocycles. The first kappa shape index (κ1) is 32.4. The Kier molecular flexibility index (Phi) is 9.81. The molecule has 1 aromatic carbocycles. The molecular weight excluding hydrogens is 570 g/mol. The fraction of sp³-hybridized carbons (Fsp3) is 0.593. The highest BCUT2D eigenvalue weighted by atomic mass is 32.2. The topological polar surface area (TPSA) is 162 Å². The van der Waals surface area contributed by atoms with Gasteiger partial charge in [-0.05, 0) is 42.8 Å². The number of nitrogens with zero attached hydrogens (tertiary/aromatic N) is 2. The average molecular weight is 608 g/mol. The van der Waals surface area contributed by atoms with Crippen LogP contribution in [0.3, 0.4) is 0 Å². The maximum atomic E-state index is 13.4. The van der Waals surface area contributed by atoms with Gasteiger partial charge in [0.1, 0.15) is 6.61 Å². The second-order valence-corrected chi connectivity index (χ2v) is 18.0. The van der Waals surface area contributed by atoms with Gasteiger partial charge in [-0.2, -0.15) is 0 Å². The Bertz CT molecular complexity index is 1230. The van der Waals surface area contributed by atoms with Crippen molar-refractivity contribution in [2.75, 3.05) is 6.54 Å². The van der Waals surface area contributed by atoms with E-state index < -0.39 is 55.0 Å². The van der Waals surface area contributed by atoms with E-state index in [9.17, 15) is 34.1 Å². The lowest BCUT2D eigenvalue weighted by atomic mass is 9.76. The Balaban J connectivity index is 1.78. The number of nitro benzene ring substituents is 1. The molecular formula is C27H37N3O9SSi. The minimum Gasteiger partial charge on any atom is -0.454 e. The Hall–Kier alpha value is -3.10. The third kappa shape index (κ3) is 7.22. The minimum atomic E-state index is -2.33. The van der Waals surface area contributed by atoms with E-state index >= 15 is 0 Å². The van der Waals surface area contributed by atoms with Crippen LogP contribution >= 0.6 is 11.8 Å². The van der Waals surface area contributed by atoms with Gasteiger partial charge in [-0.15, -0.1) is 0 Å². The van der Waals surface area contributed by atoms with E-state index in [0.717, 1.165) is 16.7 Å². The largest absolute Gasteiger partial charge is 0.454 e. The molecule has 0 aromatic heterocycles. The number of likely N-dealkylation sites (tertiary alicyclic amines) is 1. The maximum Gasteiger partial charge on any atom is 0.397 e. The number of benzene rings is 1. The third-order valence-electron chi connectivity index (χ3n) is 8.00. The van der Waals surface area contributed by atoms with E-state index in [2.05, 4.69) is 26.1 Å². The molecule has 0 bridgehead atoms. The monoisotopic (exact) mass is 607 g/mol. The molecule has 2 heterocycles. The molecule has 1 aromatic rings. The Morgan fingerprint density at radius 1 is 1.17 bits per heavy atom. The van der Waals surface area contributed by atoms with Crippen molar-refractivity contribution in [1.29, 1.82) is 0 Å². The van der Waals surface area contributed by atoms with Crippen molar-refractivity contribution in [1.82, 2.24) is 10.2 Å². The number of β-lactam (4-membered cyclic amide) rings is 1. The van der Waals surface area contributed by atoms with E-state index in [-0.39, 0.29) is 40.0 Å². The second kappa shape index (κ2) is 12.4. The van der Waals surface area contributed by atoms with Crippen LogP contribution in [-0.4, -0.2) is 70.9 Å². The van der Waals surface area contributed by atoms with Gasteiger partial charge in [-0.25, -0.2) is 4.79 Å². The predicted molar refractivity (Wildman–Crippen MR) is 153 cm³/mol. The summed E-state index contributed by atoms with van der Waals surface area (Å²) in [6.45, 7) is 13.6. The van der Waals surface area contributed by atoms with Crippen molar-refractivity contribution < 1.29 is 38.1 Å². The fourth-order valence-corrected chi connectivity index (χ4v) is 7.11. The number of hydrogen-bond acceptors (Lipinski definition) is 10. The first-order valence-electron chi connectivity index (χ1n) is 13.4. The SMILES string of the molecule is CC(O[Si](C)(C)C(C)(C)C)[C@H]1C(=O)N(C(=O)C(=O)OCc2ccc([N+](=O)[O-])cc2)[C@@H]1[C@@H](C)C(=O)S[C@H]1CNC(=O)C1. The summed E-state index contributed by atoms with van der Waals surface area (Å²) < 4.78 is 11.6. The summed E-state index contributed by atoms with van der Waals surface area (Å²) in [5.41, 5.74) is 0.275. The molecule has 0 aliphatic carbocycles. The van der Waals surface area contributed by atoms with Gasteiger partial charge in [0, 0.05) is 36.3 Å². The van der Waals surface area contributed by atoms with Gasteiger partial charge in [0.2, 0.25) is 11.8 Å². The molecule has 224 valence electrons. The smallest absolute Gasteiger partial charge is 0.397 e. The van der Waals surface area contributed by atoms with Gasteiger partial charge in [-0.3, -0.25) is 34.2 Å². The Morgan fingerprint density at radius 2 is 1.78 bits per heavy atom. The van der Waals surface area contributed by atoms with Crippen molar-refractivity contribution in [2.24, 2.45) is 11.8 Å². The number of rotatable bonds is 9. The van der Waals surface area contributed by atoms with Crippen LogP contribution in [0, 0.1) is 22.0 Å². The van der Waals surface area contributed by atoms with Crippen molar-refractivity contribution in [2.45, 2.75) is 83.2 Å². The number of nitro groups is 1. The number of thioether (sulfide) groups is 1. The van der Waals surface area contributed by atoms with E-state index in [1.807, 2.05) is 13.1 Å². The summed E-state index contributed by atoms with van der Waals surface area (Å²) in [5, 5.41) is 12.8. The molecule has 14 heteroatoms. The molecule has 0 saturated carbocycles. The molecule has 5 atom stereocenters. The Morgan fingerprint density at radius 3 is 2.29 bits per heavy atom. The molecule has 2 aliphatic heterocycles. The summed E-state index contributed by atoms with van der Waals surface area (Å²) in [4.78, 5) is 75.2. The first-order chi connectivity index (χ1) is 18.9. The lowest BCUT2D eigenvalue weighted by Gasteiger charge is -2.51. The van der Waals surface area contributed by atoms with Crippen LogP contribution in [0.1, 0.15) is 46.6 Å². The van der Waals surface area contributed by atoms with E-state index in [4.69, 9.17) is 9.16 Å². The number of ether oxygens (including phenoxy) is 1. The number of imide groups is 1. The van der Waals surface area contributed by atoms with E-state index in [0.29, 0.717) is 12.1 Å². The molecule has 41 heavy (non-hydrogen) atoms. The molecule has 1 unspecified atom stereocenters. The zero-order valence-corrected chi connectivity index (χ0v) is 26.1. The van der Waals surface area contributed by atoms with Crippen molar-refractivity contribution >= 4 is 54.6 Å². The first-order valence-corrected chi connectivity index (χ1v) is 17.2. The van der Waals surface area contributed by atoms with Gasteiger partial charge in [0.15, 0.2) is 13.4 Å². The highest BCUT2D eigenvalue weighted by Gasteiger charge is 2.59. The third-order valence-corrected chi connectivity index (χ3v) is 13.8. The molecule has 2 fully saturated rings. The number of hydrogen-bond donors (Lipinski definition) is 1. The van der Waals surface area contributed by atoms with Gasteiger partial charge in [-0.1, -0.05) is 39.5 Å². The lowest BCUT2D eigenvalue weighted by molar-refractivity contribution is -0.384. The summed E-state index contributed by atoms with van der Waals surface area (Å²) in [6.07, 6.45) is -0.429. The molecule has 12 nitrogen and oxygen atoms in total. The number of esters is 1. The van der Waals surface area contributed by atoms with Crippen LogP contribution in [0.5, 0.6) is 0 Å². The van der Waals surface area contributed by atoms with Crippen LogP contribution in [0.25, 0.3) is 0 Å². The van der Waals surface area contributed by atoms with Crippen molar-refractivity contribution in [3.05, 3.63) is 39.9 Å². The van der Waals surface area contributed by atoms with Gasteiger partial charge >= 0.3 is 11.9 Å². The minimum absolute atomic E-state index is 0.139. The van der Waals surface area contributed by atoms with E-state index in [1.54, 1.807) is 13.8 Å². The molecule has 3 rings (SSSR count). The van der Waals surface area contributed by atoms with Crippen LogP contribution in [0.15, 0.2) is 24.3 Å². The maximum absolute atomic E-state index is 13.4. The van der Waals surface area contributed by atoms with Crippen LogP contribution in [-0.2, 0) is 39.7 Å². The van der Waals surface area contributed by atoms with Crippen molar-refractivity contribution in [3.63, 3.8) is 0 Å². The normalized spacial score (nSPS) is 22.4. The Labute approximate surface area is 244 Å².